The van der Waals surface area contributed by atoms with E-state index in [-0.39, 0.29) is 11.7 Å². The van der Waals surface area contributed by atoms with Gasteiger partial charge in [-0.25, -0.2) is 0 Å². The van der Waals surface area contributed by atoms with Gasteiger partial charge in [0.1, 0.15) is 17.5 Å². The van der Waals surface area contributed by atoms with Gasteiger partial charge in [-0.15, -0.1) is 0 Å². The highest BCUT2D eigenvalue weighted by Gasteiger charge is 2.24. The topological polar surface area (TPSA) is 61.5 Å². The number of piperidine rings is 1. The van der Waals surface area contributed by atoms with Crippen molar-refractivity contribution in [2.24, 2.45) is 7.05 Å². The summed E-state index contributed by atoms with van der Waals surface area (Å²) in [6, 6.07) is 8.89. The third kappa shape index (κ3) is 3.75. The molecule has 158 valence electrons. The fourth-order valence-electron chi connectivity index (χ4n) is 4.56. The summed E-state index contributed by atoms with van der Waals surface area (Å²) in [4.78, 5) is 18.8. The van der Waals surface area contributed by atoms with Crippen LogP contribution in [0.25, 0.3) is 10.9 Å². The van der Waals surface area contributed by atoms with E-state index in [4.69, 9.17) is 9.47 Å². The summed E-state index contributed by atoms with van der Waals surface area (Å²) in [6.45, 7) is 4.03. The molecule has 3 aromatic rings. The molecule has 2 fully saturated rings. The zero-order chi connectivity index (χ0) is 20.5. The van der Waals surface area contributed by atoms with E-state index in [1.165, 1.54) is 10.9 Å². The standard InChI is InChI=1S/C23H28N4O3/c1-25-13-9-24-20(23(25)28)15-26-10-5-18(6-11-26)30-22-4-2-3-21-19(22)7-12-27(21)17-8-14-29-16-17/h2-4,7,9,12-13,17-18H,5-6,8,10-11,14-16H2,1H3. The predicted octanol–water partition coefficient (Wildman–Crippen LogP) is 2.74. The molecule has 0 N–H and O–H groups in total. The van der Waals surface area contributed by atoms with Crippen LogP contribution in [-0.4, -0.2) is 51.4 Å². The Hall–Kier alpha value is -2.64. The molecule has 1 aromatic carbocycles. The Kier molecular flexibility index (Phi) is 5.31. The minimum atomic E-state index is -0.0141. The van der Waals surface area contributed by atoms with Gasteiger partial charge < -0.3 is 18.6 Å². The molecule has 0 radical (unpaired) electrons. The van der Waals surface area contributed by atoms with E-state index >= 15 is 0 Å². The number of aryl methyl sites for hydroxylation is 1. The third-order valence-corrected chi connectivity index (χ3v) is 6.31. The number of fused-ring (bicyclic) bond motifs is 1. The minimum absolute atomic E-state index is 0.0141. The summed E-state index contributed by atoms with van der Waals surface area (Å²) < 4.78 is 15.9. The molecule has 2 aliphatic rings. The van der Waals surface area contributed by atoms with Gasteiger partial charge in [-0.1, -0.05) is 6.07 Å². The van der Waals surface area contributed by atoms with E-state index in [1.807, 2.05) is 0 Å². The normalized spacial score (nSPS) is 20.8. The molecule has 4 heterocycles. The highest BCUT2D eigenvalue weighted by Crippen LogP contribution is 2.32. The highest BCUT2D eigenvalue weighted by atomic mass is 16.5. The molecule has 7 nitrogen and oxygen atoms in total. The SMILES string of the molecule is Cn1ccnc(CN2CCC(Oc3cccc4c3ccn4C3CCOC3)CC2)c1=O. The van der Waals surface area contributed by atoms with Gasteiger partial charge >= 0.3 is 0 Å². The second-order valence-corrected chi connectivity index (χ2v) is 8.31. The van der Waals surface area contributed by atoms with Gasteiger partial charge in [0.05, 0.1) is 18.2 Å². The van der Waals surface area contributed by atoms with E-state index in [0.717, 1.165) is 51.3 Å². The van der Waals surface area contributed by atoms with Crippen molar-refractivity contribution in [2.45, 2.75) is 38.0 Å². The van der Waals surface area contributed by atoms with Gasteiger partial charge in [-0.3, -0.25) is 14.7 Å². The number of hydrogen-bond donors (Lipinski definition) is 0. The summed E-state index contributed by atoms with van der Waals surface area (Å²) in [7, 11) is 1.77. The molecule has 5 rings (SSSR count). The quantitative estimate of drug-likeness (QED) is 0.650. The number of rotatable bonds is 5. The van der Waals surface area contributed by atoms with Crippen molar-refractivity contribution in [2.75, 3.05) is 26.3 Å². The number of ether oxygens (including phenoxy) is 2. The van der Waals surface area contributed by atoms with Crippen LogP contribution in [0.1, 0.15) is 31.0 Å². The molecular weight excluding hydrogens is 380 g/mol. The van der Waals surface area contributed by atoms with Crippen LogP contribution in [0.5, 0.6) is 5.75 Å². The second-order valence-electron chi connectivity index (χ2n) is 8.31. The van der Waals surface area contributed by atoms with Gasteiger partial charge in [0.2, 0.25) is 0 Å². The van der Waals surface area contributed by atoms with Crippen molar-refractivity contribution >= 4 is 10.9 Å². The van der Waals surface area contributed by atoms with Crippen LogP contribution in [0, 0.1) is 0 Å². The fraction of sp³-hybridized carbons (Fsp3) is 0.478. The molecule has 1 atom stereocenters. The molecule has 2 aliphatic heterocycles. The van der Waals surface area contributed by atoms with Gasteiger partial charge in [0, 0.05) is 57.3 Å². The van der Waals surface area contributed by atoms with Crippen LogP contribution < -0.4 is 10.3 Å². The van der Waals surface area contributed by atoms with Gasteiger partial charge in [-0.2, -0.15) is 0 Å². The first-order valence-electron chi connectivity index (χ1n) is 10.8. The Labute approximate surface area is 175 Å². The highest BCUT2D eigenvalue weighted by molar-refractivity contribution is 5.86. The molecule has 0 aliphatic carbocycles. The number of hydrogen-bond acceptors (Lipinski definition) is 5. The van der Waals surface area contributed by atoms with E-state index in [2.05, 4.69) is 44.9 Å². The number of benzene rings is 1. The first-order valence-corrected chi connectivity index (χ1v) is 10.8. The van der Waals surface area contributed by atoms with Crippen LogP contribution in [-0.2, 0) is 18.3 Å². The van der Waals surface area contributed by atoms with Crippen LogP contribution in [0.15, 0.2) is 47.7 Å². The van der Waals surface area contributed by atoms with E-state index in [0.29, 0.717) is 18.3 Å². The summed E-state index contributed by atoms with van der Waals surface area (Å²) >= 11 is 0. The largest absolute Gasteiger partial charge is 0.490 e. The second kappa shape index (κ2) is 8.24. The summed E-state index contributed by atoms with van der Waals surface area (Å²) in [6.07, 6.45) is 8.69. The monoisotopic (exact) mass is 408 g/mol. The van der Waals surface area contributed by atoms with Crippen LogP contribution >= 0.6 is 0 Å². The Morgan fingerprint density at radius 1 is 1.17 bits per heavy atom. The van der Waals surface area contributed by atoms with Crippen molar-refractivity contribution < 1.29 is 9.47 Å². The lowest BCUT2D eigenvalue weighted by Crippen LogP contribution is -2.39. The zero-order valence-electron chi connectivity index (χ0n) is 17.4. The molecule has 0 amide bonds. The van der Waals surface area contributed by atoms with Crippen LogP contribution in [0.3, 0.4) is 0 Å². The molecule has 0 saturated carbocycles. The van der Waals surface area contributed by atoms with Crippen molar-refractivity contribution in [3.05, 3.63) is 58.9 Å². The van der Waals surface area contributed by atoms with Gasteiger partial charge in [0.25, 0.3) is 5.56 Å². The van der Waals surface area contributed by atoms with E-state index in [9.17, 15) is 4.79 Å². The van der Waals surface area contributed by atoms with Crippen molar-refractivity contribution in [3.8, 4) is 5.75 Å². The Bertz CT molecular complexity index is 1080. The Balaban J connectivity index is 1.24. The molecule has 0 bridgehead atoms. The summed E-state index contributed by atoms with van der Waals surface area (Å²) in [5.74, 6) is 0.960. The first kappa shape index (κ1) is 19.3. The summed E-state index contributed by atoms with van der Waals surface area (Å²) in [5, 5.41) is 1.17. The molecule has 2 aromatic heterocycles. The van der Waals surface area contributed by atoms with Gasteiger partial charge in [0.15, 0.2) is 0 Å². The number of likely N-dealkylation sites (tertiary alicyclic amines) is 1. The third-order valence-electron chi connectivity index (χ3n) is 6.31. The number of aromatic nitrogens is 3. The average molecular weight is 409 g/mol. The van der Waals surface area contributed by atoms with Crippen molar-refractivity contribution in [3.63, 3.8) is 0 Å². The average Bonchev–Trinajstić information content (AvgIpc) is 3.43. The molecular formula is C23H28N4O3. The smallest absolute Gasteiger partial charge is 0.273 e. The number of nitrogens with zero attached hydrogens (tertiary/aromatic N) is 4. The van der Waals surface area contributed by atoms with E-state index in [1.54, 1.807) is 24.0 Å². The maximum atomic E-state index is 12.2. The van der Waals surface area contributed by atoms with Crippen LogP contribution in [0.4, 0.5) is 0 Å². The fourth-order valence-corrected chi connectivity index (χ4v) is 4.56. The lowest BCUT2D eigenvalue weighted by atomic mass is 10.1. The Morgan fingerprint density at radius 3 is 2.83 bits per heavy atom. The molecule has 1 unspecified atom stereocenters. The first-order chi connectivity index (χ1) is 14.7. The zero-order valence-corrected chi connectivity index (χ0v) is 17.4. The van der Waals surface area contributed by atoms with Crippen LogP contribution in [0.2, 0.25) is 0 Å². The van der Waals surface area contributed by atoms with Crippen molar-refractivity contribution in [1.29, 1.82) is 0 Å². The molecule has 2 saturated heterocycles. The lowest BCUT2D eigenvalue weighted by Gasteiger charge is -2.32. The lowest BCUT2D eigenvalue weighted by molar-refractivity contribution is 0.0969. The van der Waals surface area contributed by atoms with Gasteiger partial charge in [-0.05, 0) is 37.5 Å². The maximum absolute atomic E-state index is 12.2. The Morgan fingerprint density at radius 2 is 2.03 bits per heavy atom. The maximum Gasteiger partial charge on any atom is 0.273 e. The summed E-state index contributed by atoms with van der Waals surface area (Å²) in [5.41, 5.74) is 1.81. The van der Waals surface area contributed by atoms with E-state index < -0.39 is 0 Å². The molecule has 30 heavy (non-hydrogen) atoms. The van der Waals surface area contributed by atoms with Crippen molar-refractivity contribution in [1.82, 2.24) is 19.0 Å². The minimum Gasteiger partial charge on any atom is -0.490 e. The predicted molar refractivity (Wildman–Crippen MR) is 115 cm³/mol. The molecule has 0 spiro atoms. The molecule has 7 heteroatoms.